The van der Waals surface area contributed by atoms with Crippen molar-refractivity contribution in [3.8, 4) is 0 Å². The number of nitrogens with one attached hydrogen (secondary N) is 3. The molecule has 1 fully saturated rings. The fourth-order valence-corrected chi connectivity index (χ4v) is 5.07. The standard InChI is InChI=1S/C25H28FN5O4/c1-14-19(27-18-4-7-31(25(35)23(14)18)9-8-30-5-2-3-6-30)11-16-15-10-17(26)21(28-22(33)13-32)12-20(15)29-24(16)34/h10-12,27,32H,2-9,13H2,1H3,(H,28,33)(H,29,34)/b16-11+. The van der Waals surface area contributed by atoms with Gasteiger partial charge in [0.2, 0.25) is 5.91 Å². The number of nitrogens with zero attached hydrogens (tertiary/aromatic N) is 2. The zero-order chi connectivity index (χ0) is 24.7. The molecule has 10 heteroatoms. The number of aromatic amines is 1. The van der Waals surface area contributed by atoms with Gasteiger partial charge in [-0.1, -0.05) is 0 Å². The van der Waals surface area contributed by atoms with Crippen LogP contribution >= 0.6 is 0 Å². The lowest BCUT2D eigenvalue weighted by molar-refractivity contribution is -0.118. The summed E-state index contributed by atoms with van der Waals surface area (Å²) in [6.07, 6.45) is 4.77. The molecular formula is C25H28FN5O4. The highest BCUT2D eigenvalue weighted by atomic mass is 19.1. The highest BCUT2D eigenvalue weighted by Crippen LogP contribution is 2.37. The second-order valence-electron chi connectivity index (χ2n) is 9.20. The number of aliphatic hydroxyl groups excluding tert-OH is 1. The molecule has 9 nitrogen and oxygen atoms in total. The van der Waals surface area contributed by atoms with Crippen LogP contribution in [0.25, 0.3) is 11.6 Å². The maximum Gasteiger partial charge on any atom is 0.256 e. The molecule has 1 aromatic heterocycles. The van der Waals surface area contributed by atoms with Crippen molar-refractivity contribution in [3.05, 3.63) is 46.0 Å². The summed E-state index contributed by atoms with van der Waals surface area (Å²) in [5, 5.41) is 13.8. The summed E-state index contributed by atoms with van der Waals surface area (Å²) in [6.45, 7) is 5.48. The summed E-state index contributed by atoms with van der Waals surface area (Å²) in [7, 11) is 0. The Morgan fingerprint density at radius 3 is 2.71 bits per heavy atom. The number of amides is 3. The molecule has 184 valence electrons. The number of H-pyrrole nitrogens is 1. The molecule has 3 aliphatic heterocycles. The second kappa shape index (κ2) is 9.27. The van der Waals surface area contributed by atoms with Crippen LogP contribution in [0.2, 0.25) is 0 Å². The largest absolute Gasteiger partial charge is 0.387 e. The molecule has 35 heavy (non-hydrogen) atoms. The third-order valence-corrected chi connectivity index (χ3v) is 6.98. The topological polar surface area (TPSA) is 118 Å². The fourth-order valence-electron chi connectivity index (χ4n) is 5.07. The summed E-state index contributed by atoms with van der Waals surface area (Å²) in [5.74, 6) is -1.89. The number of aromatic nitrogens is 1. The van der Waals surface area contributed by atoms with Crippen molar-refractivity contribution in [2.75, 3.05) is 50.0 Å². The average molecular weight is 482 g/mol. The molecule has 0 bridgehead atoms. The van der Waals surface area contributed by atoms with Crippen molar-refractivity contribution >= 4 is 40.7 Å². The van der Waals surface area contributed by atoms with Gasteiger partial charge < -0.3 is 30.5 Å². The minimum absolute atomic E-state index is 0.00423. The smallest absolute Gasteiger partial charge is 0.256 e. The number of carbonyl (C=O) groups excluding carboxylic acids is 3. The molecule has 1 saturated heterocycles. The Morgan fingerprint density at radius 1 is 1.20 bits per heavy atom. The van der Waals surface area contributed by atoms with Crippen LogP contribution in [0.3, 0.4) is 0 Å². The summed E-state index contributed by atoms with van der Waals surface area (Å²) in [6, 6.07) is 2.50. The van der Waals surface area contributed by atoms with E-state index in [0.29, 0.717) is 42.0 Å². The van der Waals surface area contributed by atoms with Crippen molar-refractivity contribution in [2.45, 2.75) is 26.2 Å². The SMILES string of the molecule is Cc1c(/C=C2/C(=O)Nc3cc(NC(=O)CO)c(F)cc32)[nH]c2c1C(=O)N(CCN1CCCC1)CC2. The van der Waals surface area contributed by atoms with Gasteiger partial charge in [0.05, 0.1) is 22.5 Å². The van der Waals surface area contributed by atoms with Gasteiger partial charge in [-0.2, -0.15) is 0 Å². The van der Waals surface area contributed by atoms with E-state index in [-0.39, 0.29) is 17.2 Å². The van der Waals surface area contributed by atoms with E-state index in [1.807, 2.05) is 11.8 Å². The number of rotatable bonds is 6. The molecule has 0 radical (unpaired) electrons. The first-order chi connectivity index (χ1) is 16.9. The number of halogens is 1. The molecule has 5 rings (SSSR count). The van der Waals surface area contributed by atoms with Gasteiger partial charge in [0.25, 0.3) is 11.8 Å². The predicted molar refractivity (Wildman–Crippen MR) is 129 cm³/mol. The van der Waals surface area contributed by atoms with E-state index in [2.05, 4.69) is 20.5 Å². The minimum atomic E-state index is -0.779. The van der Waals surface area contributed by atoms with Gasteiger partial charge in [0, 0.05) is 43.0 Å². The quantitative estimate of drug-likeness (QED) is 0.471. The molecule has 0 atom stereocenters. The summed E-state index contributed by atoms with van der Waals surface area (Å²) >= 11 is 0. The first-order valence-electron chi connectivity index (χ1n) is 11.9. The predicted octanol–water partition coefficient (Wildman–Crippen LogP) is 1.98. The van der Waals surface area contributed by atoms with E-state index in [0.717, 1.165) is 30.9 Å². The maximum absolute atomic E-state index is 14.6. The van der Waals surface area contributed by atoms with Gasteiger partial charge in [-0.05, 0) is 56.6 Å². The van der Waals surface area contributed by atoms with Crippen LogP contribution in [-0.2, 0) is 16.0 Å². The van der Waals surface area contributed by atoms with Crippen molar-refractivity contribution in [2.24, 2.45) is 0 Å². The number of hydrogen-bond acceptors (Lipinski definition) is 5. The lowest BCUT2D eigenvalue weighted by Gasteiger charge is -2.29. The highest BCUT2D eigenvalue weighted by molar-refractivity contribution is 6.35. The Morgan fingerprint density at radius 2 is 1.97 bits per heavy atom. The monoisotopic (exact) mass is 481 g/mol. The number of aliphatic hydroxyl groups is 1. The molecule has 0 spiro atoms. The Bertz CT molecular complexity index is 1240. The molecular weight excluding hydrogens is 453 g/mol. The van der Waals surface area contributed by atoms with E-state index in [1.165, 1.54) is 25.0 Å². The molecule has 0 unspecified atom stereocenters. The molecule has 1 aromatic carbocycles. The van der Waals surface area contributed by atoms with Crippen molar-refractivity contribution < 1.29 is 23.9 Å². The molecule has 3 aliphatic rings. The normalized spacial score (nSPS) is 18.7. The zero-order valence-electron chi connectivity index (χ0n) is 19.5. The maximum atomic E-state index is 14.6. The molecule has 0 saturated carbocycles. The Balaban J connectivity index is 1.40. The van der Waals surface area contributed by atoms with Crippen LogP contribution in [0, 0.1) is 12.7 Å². The number of fused-ring (bicyclic) bond motifs is 2. The summed E-state index contributed by atoms with van der Waals surface area (Å²) < 4.78 is 14.6. The number of carbonyl (C=O) groups is 3. The lowest BCUT2D eigenvalue weighted by Crippen LogP contribution is -2.42. The van der Waals surface area contributed by atoms with Gasteiger partial charge in [0.15, 0.2) is 0 Å². The molecule has 3 amide bonds. The third-order valence-electron chi connectivity index (χ3n) is 6.98. The first kappa shape index (κ1) is 23.3. The van der Waals surface area contributed by atoms with E-state index < -0.39 is 24.2 Å². The first-order valence-corrected chi connectivity index (χ1v) is 11.9. The van der Waals surface area contributed by atoms with E-state index >= 15 is 0 Å². The van der Waals surface area contributed by atoms with Crippen molar-refractivity contribution in [1.29, 1.82) is 0 Å². The van der Waals surface area contributed by atoms with Gasteiger partial charge in [-0.3, -0.25) is 14.4 Å². The van der Waals surface area contributed by atoms with E-state index in [9.17, 15) is 18.8 Å². The van der Waals surface area contributed by atoms with Crippen LogP contribution < -0.4 is 10.6 Å². The van der Waals surface area contributed by atoms with E-state index in [4.69, 9.17) is 5.11 Å². The molecule has 2 aromatic rings. The van der Waals surface area contributed by atoms with Gasteiger partial charge in [-0.15, -0.1) is 0 Å². The second-order valence-corrected chi connectivity index (χ2v) is 9.20. The third kappa shape index (κ3) is 4.35. The van der Waals surface area contributed by atoms with Crippen molar-refractivity contribution in [1.82, 2.24) is 14.8 Å². The van der Waals surface area contributed by atoms with E-state index in [1.54, 1.807) is 6.08 Å². The lowest BCUT2D eigenvalue weighted by atomic mass is 10.0. The van der Waals surface area contributed by atoms with Gasteiger partial charge in [0.1, 0.15) is 12.4 Å². The Hall–Kier alpha value is -3.50. The highest BCUT2D eigenvalue weighted by Gasteiger charge is 2.31. The van der Waals surface area contributed by atoms with Crippen LogP contribution in [-0.4, -0.2) is 76.9 Å². The summed E-state index contributed by atoms with van der Waals surface area (Å²) in [5.41, 5.74) is 3.75. The Labute approximate surface area is 202 Å². The van der Waals surface area contributed by atoms with Crippen LogP contribution in [0.4, 0.5) is 15.8 Å². The number of benzene rings is 1. The Kier molecular flexibility index (Phi) is 6.16. The number of anilines is 2. The minimum Gasteiger partial charge on any atom is -0.387 e. The molecule has 4 heterocycles. The molecule has 0 aliphatic carbocycles. The van der Waals surface area contributed by atoms with Crippen LogP contribution in [0.1, 0.15) is 45.7 Å². The van der Waals surface area contributed by atoms with Crippen LogP contribution in [0.15, 0.2) is 12.1 Å². The summed E-state index contributed by atoms with van der Waals surface area (Å²) in [4.78, 5) is 44.9. The molecule has 4 N–H and O–H groups in total. The van der Waals surface area contributed by atoms with Gasteiger partial charge >= 0.3 is 0 Å². The van der Waals surface area contributed by atoms with Crippen LogP contribution in [0.5, 0.6) is 0 Å². The average Bonchev–Trinajstić information content (AvgIpc) is 3.53. The van der Waals surface area contributed by atoms with Crippen molar-refractivity contribution in [3.63, 3.8) is 0 Å². The zero-order valence-corrected chi connectivity index (χ0v) is 19.5. The fraction of sp³-hybridized carbons (Fsp3) is 0.400. The van der Waals surface area contributed by atoms with Gasteiger partial charge in [-0.25, -0.2) is 4.39 Å². The number of hydrogen-bond donors (Lipinski definition) is 4. The number of likely N-dealkylation sites (tertiary alicyclic amines) is 1.